The van der Waals surface area contributed by atoms with E-state index in [9.17, 15) is 9.59 Å². The number of thioether (sulfide) groups is 1. The summed E-state index contributed by atoms with van der Waals surface area (Å²) in [5, 5.41) is 9.42. The van der Waals surface area contributed by atoms with Crippen molar-refractivity contribution in [3.63, 3.8) is 0 Å². The lowest BCUT2D eigenvalue weighted by Crippen LogP contribution is -2.25. The van der Waals surface area contributed by atoms with Crippen molar-refractivity contribution in [3.8, 4) is 5.75 Å². The monoisotopic (exact) mass is 484 g/mol. The standard InChI is InChI=1S/C27H24N4O3S/c1-34-23-15-9-8-14-20(23)22-16-21(18-10-4-2-5-11-18)30-31(22)27-29-26(33)24(35-27)17-25(32)28-19-12-6-3-7-13-19/h2-15,22,24H,16-17H2,1H3,(H,28,32)/t22-,24-/m0/s1. The van der Waals surface area contributed by atoms with Gasteiger partial charge in [0.2, 0.25) is 5.91 Å². The number of nitrogens with one attached hydrogen (secondary N) is 1. The van der Waals surface area contributed by atoms with Crippen LogP contribution in [0.2, 0.25) is 0 Å². The van der Waals surface area contributed by atoms with Crippen molar-refractivity contribution in [2.75, 3.05) is 12.4 Å². The summed E-state index contributed by atoms with van der Waals surface area (Å²) in [7, 11) is 1.64. The van der Waals surface area contributed by atoms with Gasteiger partial charge in [-0.05, 0) is 23.8 Å². The number of amides is 2. The number of hydrogen-bond acceptors (Lipinski definition) is 6. The van der Waals surface area contributed by atoms with Crippen molar-refractivity contribution in [1.29, 1.82) is 0 Å². The molecule has 35 heavy (non-hydrogen) atoms. The Morgan fingerprint density at radius 2 is 1.71 bits per heavy atom. The highest BCUT2D eigenvalue weighted by atomic mass is 32.2. The van der Waals surface area contributed by atoms with Gasteiger partial charge < -0.3 is 10.1 Å². The van der Waals surface area contributed by atoms with E-state index in [-0.39, 0.29) is 24.3 Å². The first kappa shape index (κ1) is 22.9. The molecule has 0 aliphatic carbocycles. The van der Waals surface area contributed by atoms with E-state index in [1.807, 2.05) is 84.9 Å². The molecule has 3 aromatic rings. The van der Waals surface area contributed by atoms with Gasteiger partial charge in [-0.25, -0.2) is 5.01 Å². The number of nitrogens with zero attached hydrogens (tertiary/aromatic N) is 3. The van der Waals surface area contributed by atoms with E-state index in [0.29, 0.717) is 17.3 Å². The number of ether oxygens (including phenoxy) is 1. The Labute approximate surface area is 207 Å². The minimum atomic E-state index is -0.594. The second kappa shape index (κ2) is 10.1. The smallest absolute Gasteiger partial charge is 0.262 e. The largest absolute Gasteiger partial charge is 0.496 e. The highest BCUT2D eigenvalue weighted by Crippen LogP contribution is 2.41. The quantitative estimate of drug-likeness (QED) is 0.540. The van der Waals surface area contributed by atoms with Gasteiger partial charge in [0.25, 0.3) is 5.91 Å². The molecule has 0 bridgehead atoms. The summed E-state index contributed by atoms with van der Waals surface area (Å²) < 4.78 is 5.62. The van der Waals surface area contributed by atoms with Gasteiger partial charge in [0.05, 0.1) is 18.9 Å². The van der Waals surface area contributed by atoms with E-state index >= 15 is 0 Å². The van der Waals surface area contributed by atoms with Crippen molar-refractivity contribution < 1.29 is 14.3 Å². The minimum absolute atomic E-state index is 0.0355. The number of anilines is 1. The molecule has 0 spiro atoms. The number of para-hydroxylation sites is 2. The van der Waals surface area contributed by atoms with E-state index in [1.165, 1.54) is 11.8 Å². The van der Waals surface area contributed by atoms with Crippen molar-refractivity contribution >= 4 is 40.1 Å². The third-order valence-electron chi connectivity index (χ3n) is 5.87. The zero-order chi connectivity index (χ0) is 24.2. The summed E-state index contributed by atoms with van der Waals surface area (Å²) in [6, 6.07) is 26.8. The van der Waals surface area contributed by atoms with Gasteiger partial charge in [0.15, 0.2) is 5.17 Å². The predicted molar refractivity (Wildman–Crippen MR) is 139 cm³/mol. The van der Waals surface area contributed by atoms with Crippen LogP contribution < -0.4 is 10.1 Å². The Kier molecular flexibility index (Phi) is 6.63. The first-order chi connectivity index (χ1) is 17.1. The molecule has 0 saturated carbocycles. The fourth-order valence-corrected chi connectivity index (χ4v) is 5.24. The van der Waals surface area contributed by atoms with Gasteiger partial charge in [-0.1, -0.05) is 78.5 Å². The molecule has 2 atom stereocenters. The van der Waals surface area contributed by atoms with Gasteiger partial charge in [-0.15, -0.1) is 0 Å². The molecule has 0 fully saturated rings. The van der Waals surface area contributed by atoms with Gasteiger partial charge in [-0.2, -0.15) is 10.1 Å². The summed E-state index contributed by atoms with van der Waals surface area (Å²) in [5.74, 6) is 0.200. The van der Waals surface area contributed by atoms with E-state index in [1.54, 1.807) is 12.1 Å². The van der Waals surface area contributed by atoms with Crippen LogP contribution in [0.25, 0.3) is 0 Å². The molecule has 3 aromatic carbocycles. The predicted octanol–water partition coefficient (Wildman–Crippen LogP) is 4.87. The fraction of sp³-hybridized carbons (Fsp3) is 0.185. The van der Waals surface area contributed by atoms with Gasteiger partial charge in [0, 0.05) is 24.1 Å². The number of hydrogen-bond donors (Lipinski definition) is 1. The number of methoxy groups -OCH3 is 1. The first-order valence-corrected chi connectivity index (χ1v) is 12.2. The number of amidine groups is 1. The molecule has 0 unspecified atom stereocenters. The lowest BCUT2D eigenvalue weighted by atomic mass is 9.98. The molecule has 0 aromatic heterocycles. The second-order valence-corrected chi connectivity index (χ2v) is 9.35. The Bertz CT molecular complexity index is 1290. The van der Waals surface area contributed by atoms with Crippen LogP contribution in [0.5, 0.6) is 5.75 Å². The molecule has 7 nitrogen and oxygen atoms in total. The minimum Gasteiger partial charge on any atom is -0.496 e. The Morgan fingerprint density at radius 3 is 2.46 bits per heavy atom. The van der Waals surface area contributed by atoms with Gasteiger partial charge in [-0.3, -0.25) is 9.59 Å². The normalized spacial score (nSPS) is 19.3. The topological polar surface area (TPSA) is 83.4 Å². The maximum absolute atomic E-state index is 12.8. The Hall–Kier alpha value is -3.91. The zero-order valence-electron chi connectivity index (χ0n) is 19.1. The number of benzene rings is 3. The third-order valence-corrected chi connectivity index (χ3v) is 7.01. The van der Waals surface area contributed by atoms with E-state index in [2.05, 4.69) is 10.3 Å². The Morgan fingerprint density at radius 1 is 1.03 bits per heavy atom. The van der Waals surface area contributed by atoms with Crippen LogP contribution in [-0.2, 0) is 9.59 Å². The van der Waals surface area contributed by atoms with Crippen LogP contribution in [0.15, 0.2) is 95.0 Å². The molecule has 1 N–H and O–H groups in total. The lowest BCUT2D eigenvalue weighted by Gasteiger charge is -2.24. The summed E-state index contributed by atoms with van der Waals surface area (Å²) in [6.45, 7) is 0. The molecular formula is C27H24N4O3S. The highest BCUT2D eigenvalue weighted by Gasteiger charge is 2.40. The summed E-state index contributed by atoms with van der Waals surface area (Å²) in [5.41, 5.74) is 3.58. The van der Waals surface area contributed by atoms with Crippen molar-refractivity contribution in [3.05, 3.63) is 96.1 Å². The molecule has 2 aliphatic heterocycles. The lowest BCUT2D eigenvalue weighted by molar-refractivity contribution is -0.121. The molecule has 2 heterocycles. The van der Waals surface area contributed by atoms with E-state index < -0.39 is 5.25 Å². The number of aliphatic imine (C=N–C) groups is 1. The van der Waals surface area contributed by atoms with Crippen LogP contribution in [-0.4, -0.2) is 40.1 Å². The fourth-order valence-electron chi connectivity index (χ4n) is 4.18. The van der Waals surface area contributed by atoms with Crippen molar-refractivity contribution in [2.24, 2.45) is 10.1 Å². The van der Waals surface area contributed by atoms with Crippen molar-refractivity contribution in [2.45, 2.75) is 24.1 Å². The second-order valence-electron chi connectivity index (χ2n) is 8.18. The molecule has 8 heteroatoms. The van der Waals surface area contributed by atoms with E-state index in [4.69, 9.17) is 9.84 Å². The zero-order valence-corrected chi connectivity index (χ0v) is 19.9. The van der Waals surface area contributed by atoms with Crippen LogP contribution in [0.4, 0.5) is 5.69 Å². The number of hydrazone groups is 1. The summed E-state index contributed by atoms with van der Waals surface area (Å²) in [4.78, 5) is 29.6. The maximum atomic E-state index is 12.8. The highest BCUT2D eigenvalue weighted by molar-refractivity contribution is 8.15. The summed E-state index contributed by atoms with van der Waals surface area (Å²) in [6.07, 6.45) is 0.672. The molecular weight excluding hydrogens is 460 g/mol. The number of rotatable bonds is 6. The average Bonchev–Trinajstić information content (AvgIpc) is 3.49. The van der Waals surface area contributed by atoms with Crippen molar-refractivity contribution in [1.82, 2.24) is 5.01 Å². The van der Waals surface area contributed by atoms with Gasteiger partial charge >= 0.3 is 0 Å². The van der Waals surface area contributed by atoms with Crippen LogP contribution in [0, 0.1) is 0 Å². The van der Waals surface area contributed by atoms with Crippen LogP contribution in [0.3, 0.4) is 0 Å². The summed E-state index contributed by atoms with van der Waals surface area (Å²) >= 11 is 1.28. The third kappa shape index (κ3) is 4.97. The average molecular weight is 485 g/mol. The van der Waals surface area contributed by atoms with Crippen LogP contribution >= 0.6 is 11.8 Å². The maximum Gasteiger partial charge on any atom is 0.262 e. The number of carbonyl (C=O) groups excluding carboxylic acids is 2. The molecule has 176 valence electrons. The number of carbonyl (C=O) groups is 2. The molecule has 2 amide bonds. The first-order valence-electron chi connectivity index (χ1n) is 11.3. The van der Waals surface area contributed by atoms with Gasteiger partial charge in [0.1, 0.15) is 11.0 Å². The van der Waals surface area contributed by atoms with Crippen LogP contribution in [0.1, 0.15) is 30.0 Å². The van der Waals surface area contributed by atoms with E-state index in [0.717, 1.165) is 22.6 Å². The molecule has 2 aliphatic rings. The molecule has 0 radical (unpaired) electrons. The molecule has 0 saturated heterocycles. The molecule has 5 rings (SSSR count). The Balaban J connectivity index is 1.38. The SMILES string of the molecule is COc1ccccc1[C@@H]1CC(c2ccccc2)=NN1C1=NC(=O)[C@H](CC(=O)Nc2ccccc2)S1.